The topological polar surface area (TPSA) is 92.9 Å². The molecule has 0 radical (unpaired) electrons. The van der Waals surface area contributed by atoms with E-state index >= 15 is 0 Å². The maximum atomic E-state index is 11.2. The van der Waals surface area contributed by atoms with Crippen molar-refractivity contribution in [3.8, 4) is 0 Å². The molecule has 82 valence electrons. The highest BCUT2D eigenvalue weighted by Gasteiger charge is 2.42. The summed E-state index contributed by atoms with van der Waals surface area (Å²) < 4.78 is 1.43. The van der Waals surface area contributed by atoms with Crippen LogP contribution in [0.1, 0.15) is 25.7 Å². The van der Waals surface area contributed by atoms with Crippen LogP contribution in [0.3, 0.4) is 0 Å². The van der Waals surface area contributed by atoms with Crippen LogP contribution in [0.25, 0.3) is 0 Å². The molecular formula is C8H13N5O2. The summed E-state index contributed by atoms with van der Waals surface area (Å²) >= 11 is 0. The van der Waals surface area contributed by atoms with Crippen molar-refractivity contribution < 1.29 is 9.90 Å². The molecule has 0 amide bonds. The number of hydrogen-bond acceptors (Lipinski definition) is 5. The molecule has 0 bridgehead atoms. The van der Waals surface area contributed by atoms with Crippen LogP contribution in [0.5, 0.6) is 0 Å². The van der Waals surface area contributed by atoms with E-state index < -0.39 is 11.5 Å². The molecule has 15 heavy (non-hydrogen) atoms. The largest absolute Gasteiger partial charge is 0.480 e. The Kier molecular flexibility index (Phi) is 2.29. The van der Waals surface area contributed by atoms with Gasteiger partial charge in [0.25, 0.3) is 0 Å². The summed E-state index contributed by atoms with van der Waals surface area (Å²) in [6, 6.07) is 0. The lowest BCUT2D eigenvalue weighted by atomic mass is 9.98. The van der Waals surface area contributed by atoms with Crippen LogP contribution in [0, 0.1) is 0 Å². The average Bonchev–Trinajstić information content (AvgIpc) is 2.78. The van der Waals surface area contributed by atoms with E-state index in [2.05, 4.69) is 20.8 Å². The molecule has 1 saturated carbocycles. The van der Waals surface area contributed by atoms with Gasteiger partial charge in [-0.05, 0) is 23.3 Å². The van der Waals surface area contributed by atoms with E-state index in [0.717, 1.165) is 12.8 Å². The van der Waals surface area contributed by atoms with Gasteiger partial charge in [0.05, 0.1) is 0 Å². The van der Waals surface area contributed by atoms with Crippen molar-refractivity contribution in [3.63, 3.8) is 0 Å². The monoisotopic (exact) mass is 211 g/mol. The van der Waals surface area contributed by atoms with Crippen molar-refractivity contribution in [1.29, 1.82) is 0 Å². The number of aliphatic carboxylic acids is 1. The number of nitrogens with one attached hydrogen (secondary N) is 1. The Balaban J connectivity index is 2.21. The minimum atomic E-state index is -0.886. The summed E-state index contributed by atoms with van der Waals surface area (Å²) in [5.74, 6) is -0.428. The molecule has 1 aromatic heterocycles. The van der Waals surface area contributed by atoms with Gasteiger partial charge in [0.2, 0.25) is 5.95 Å². The molecule has 0 aromatic carbocycles. The molecule has 0 atom stereocenters. The molecule has 0 spiro atoms. The van der Waals surface area contributed by atoms with E-state index in [1.807, 2.05) is 0 Å². The van der Waals surface area contributed by atoms with Gasteiger partial charge in [0, 0.05) is 7.05 Å². The predicted octanol–water partition coefficient (Wildman–Crippen LogP) is 0.0194. The van der Waals surface area contributed by atoms with Gasteiger partial charge < -0.3 is 10.4 Å². The molecule has 1 aromatic rings. The molecule has 7 heteroatoms. The maximum Gasteiger partial charge on any atom is 0.329 e. The molecule has 1 aliphatic rings. The molecule has 7 nitrogen and oxygen atoms in total. The summed E-state index contributed by atoms with van der Waals surface area (Å²) in [6.07, 6.45) is 3.08. The Morgan fingerprint density at radius 3 is 2.67 bits per heavy atom. The predicted molar refractivity (Wildman–Crippen MR) is 51.3 cm³/mol. The van der Waals surface area contributed by atoms with Crippen molar-refractivity contribution in [3.05, 3.63) is 0 Å². The fraction of sp³-hybridized carbons (Fsp3) is 0.750. The summed E-state index contributed by atoms with van der Waals surface area (Å²) in [6.45, 7) is 0. The first-order valence-corrected chi connectivity index (χ1v) is 4.88. The minimum absolute atomic E-state index is 0.402. The molecule has 1 aliphatic carbocycles. The maximum absolute atomic E-state index is 11.2. The van der Waals surface area contributed by atoms with Crippen LogP contribution in [0.4, 0.5) is 5.95 Å². The van der Waals surface area contributed by atoms with Gasteiger partial charge in [-0.2, -0.15) is 0 Å². The SMILES string of the molecule is Cn1nnnc1NC1(C(=O)O)CCCC1. The first-order chi connectivity index (χ1) is 7.14. The lowest BCUT2D eigenvalue weighted by Gasteiger charge is -2.24. The van der Waals surface area contributed by atoms with Gasteiger partial charge in [0.15, 0.2) is 0 Å². The molecule has 0 saturated heterocycles. The van der Waals surface area contributed by atoms with Crippen molar-refractivity contribution >= 4 is 11.9 Å². The first kappa shape index (κ1) is 9.88. The normalized spacial score (nSPS) is 19.0. The van der Waals surface area contributed by atoms with Crippen molar-refractivity contribution in [2.45, 2.75) is 31.2 Å². The Hall–Kier alpha value is -1.66. The van der Waals surface area contributed by atoms with Crippen LogP contribution in [-0.4, -0.2) is 36.8 Å². The zero-order valence-electron chi connectivity index (χ0n) is 8.47. The number of tetrazole rings is 1. The van der Waals surface area contributed by atoms with Gasteiger partial charge in [-0.1, -0.05) is 17.9 Å². The van der Waals surface area contributed by atoms with Crippen LogP contribution in [0.2, 0.25) is 0 Å². The highest BCUT2D eigenvalue weighted by atomic mass is 16.4. The highest BCUT2D eigenvalue weighted by Crippen LogP contribution is 2.32. The van der Waals surface area contributed by atoms with Crippen molar-refractivity contribution in [2.75, 3.05) is 5.32 Å². The second-order valence-electron chi connectivity index (χ2n) is 3.85. The van der Waals surface area contributed by atoms with E-state index in [0.29, 0.717) is 18.8 Å². The Morgan fingerprint density at radius 1 is 1.53 bits per heavy atom. The fourth-order valence-electron chi connectivity index (χ4n) is 1.92. The van der Waals surface area contributed by atoms with Gasteiger partial charge in [-0.3, -0.25) is 0 Å². The van der Waals surface area contributed by atoms with Crippen molar-refractivity contribution in [1.82, 2.24) is 20.2 Å². The molecule has 1 heterocycles. The summed E-state index contributed by atoms with van der Waals surface area (Å²) in [5, 5.41) is 23.0. The summed E-state index contributed by atoms with van der Waals surface area (Å²) in [5.41, 5.74) is -0.886. The quantitative estimate of drug-likeness (QED) is 0.732. The number of carboxylic acid groups (broad SMARTS) is 1. The molecule has 0 unspecified atom stereocenters. The Morgan fingerprint density at radius 2 is 2.20 bits per heavy atom. The first-order valence-electron chi connectivity index (χ1n) is 4.88. The summed E-state index contributed by atoms with van der Waals surface area (Å²) in [7, 11) is 1.67. The number of anilines is 1. The number of carbonyl (C=O) groups is 1. The lowest BCUT2D eigenvalue weighted by Crippen LogP contribution is -2.44. The van der Waals surface area contributed by atoms with E-state index in [1.54, 1.807) is 7.05 Å². The number of carboxylic acids is 1. The van der Waals surface area contributed by atoms with E-state index in [4.69, 9.17) is 0 Å². The van der Waals surface area contributed by atoms with Crippen LogP contribution >= 0.6 is 0 Å². The third kappa shape index (κ3) is 1.64. The Bertz CT molecular complexity index is 369. The zero-order valence-corrected chi connectivity index (χ0v) is 8.47. The molecular weight excluding hydrogens is 198 g/mol. The van der Waals surface area contributed by atoms with Crippen molar-refractivity contribution in [2.24, 2.45) is 7.05 Å². The average molecular weight is 211 g/mol. The number of aryl methyl sites for hydroxylation is 1. The second-order valence-corrected chi connectivity index (χ2v) is 3.85. The minimum Gasteiger partial charge on any atom is -0.480 e. The molecule has 2 N–H and O–H groups in total. The van der Waals surface area contributed by atoms with Gasteiger partial charge in [0.1, 0.15) is 5.54 Å². The van der Waals surface area contributed by atoms with Crippen LogP contribution < -0.4 is 5.32 Å². The summed E-state index contributed by atoms with van der Waals surface area (Å²) in [4.78, 5) is 11.2. The third-order valence-corrected chi connectivity index (χ3v) is 2.84. The smallest absolute Gasteiger partial charge is 0.329 e. The standard InChI is InChI=1S/C8H13N5O2/c1-13-7(10-11-12-13)9-8(6(14)15)4-2-3-5-8/h2-5H2,1H3,(H,14,15)(H,9,10,12). The number of rotatable bonds is 3. The molecule has 2 rings (SSSR count). The van der Waals surface area contributed by atoms with Crippen LogP contribution in [-0.2, 0) is 11.8 Å². The van der Waals surface area contributed by atoms with Gasteiger partial charge >= 0.3 is 5.97 Å². The molecule has 1 fully saturated rings. The van der Waals surface area contributed by atoms with E-state index in [9.17, 15) is 9.90 Å². The van der Waals surface area contributed by atoms with E-state index in [-0.39, 0.29) is 0 Å². The molecule has 0 aliphatic heterocycles. The van der Waals surface area contributed by atoms with Gasteiger partial charge in [-0.15, -0.1) is 0 Å². The zero-order chi connectivity index (χ0) is 10.9. The Labute approximate surface area is 86.5 Å². The second kappa shape index (κ2) is 3.48. The number of aromatic nitrogens is 4. The number of hydrogen-bond donors (Lipinski definition) is 2. The van der Waals surface area contributed by atoms with Crippen LogP contribution in [0.15, 0.2) is 0 Å². The fourth-order valence-corrected chi connectivity index (χ4v) is 1.92. The highest BCUT2D eigenvalue weighted by molar-refractivity contribution is 5.82. The third-order valence-electron chi connectivity index (χ3n) is 2.84. The number of nitrogens with zero attached hydrogens (tertiary/aromatic N) is 4. The van der Waals surface area contributed by atoms with Gasteiger partial charge in [-0.25, -0.2) is 9.48 Å². The lowest BCUT2D eigenvalue weighted by molar-refractivity contribution is -0.142. The van der Waals surface area contributed by atoms with E-state index in [1.165, 1.54) is 4.68 Å².